The molecule has 30 heavy (non-hydrogen) atoms. The molecule has 1 aliphatic heterocycles. The number of fused-ring (bicyclic) bond motifs is 1. The zero-order chi connectivity index (χ0) is 21.1. The van der Waals surface area contributed by atoms with E-state index in [1.165, 1.54) is 13.5 Å². The van der Waals surface area contributed by atoms with Gasteiger partial charge in [0, 0.05) is 30.4 Å². The lowest BCUT2D eigenvalue weighted by Gasteiger charge is -2.27. The number of aromatic hydroxyl groups is 1. The van der Waals surface area contributed by atoms with E-state index < -0.39 is 6.10 Å². The van der Waals surface area contributed by atoms with Crippen LogP contribution in [0, 0.1) is 0 Å². The van der Waals surface area contributed by atoms with Gasteiger partial charge in [0.2, 0.25) is 5.88 Å². The van der Waals surface area contributed by atoms with Gasteiger partial charge in [-0.3, -0.25) is 9.79 Å². The maximum absolute atomic E-state index is 12.7. The summed E-state index contributed by atoms with van der Waals surface area (Å²) in [6.07, 6.45) is 4.75. The highest BCUT2D eigenvalue weighted by Gasteiger charge is 2.24. The number of rotatable bonds is 7. The predicted molar refractivity (Wildman–Crippen MR) is 114 cm³/mol. The van der Waals surface area contributed by atoms with Gasteiger partial charge >= 0.3 is 0 Å². The van der Waals surface area contributed by atoms with Crippen LogP contribution in [0.15, 0.2) is 35.3 Å². The number of anilines is 1. The van der Waals surface area contributed by atoms with E-state index in [0.29, 0.717) is 29.7 Å². The Kier molecular flexibility index (Phi) is 5.85. The molecule has 0 spiro atoms. The summed E-state index contributed by atoms with van der Waals surface area (Å²) < 4.78 is 5.22. The summed E-state index contributed by atoms with van der Waals surface area (Å²) in [6.45, 7) is 0.0737. The average molecular weight is 410 g/mol. The first-order valence-electron chi connectivity index (χ1n) is 10.2. The highest BCUT2D eigenvalue weighted by atomic mass is 16.5. The molecule has 0 saturated heterocycles. The molecular formula is C22H26N4O4. The molecule has 2 aromatic rings. The molecule has 1 aromatic heterocycles. The van der Waals surface area contributed by atoms with Gasteiger partial charge in [0.15, 0.2) is 0 Å². The fraction of sp³-hybridized carbons (Fsp3) is 0.409. The van der Waals surface area contributed by atoms with Crippen LogP contribution in [0.2, 0.25) is 0 Å². The molecule has 2 aliphatic rings. The number of amides is 1. The quantitative estimate of drug-likeness (QED) is 0.554. The summed E-state index contributed by atoms with van der Waals surface area (Å²) in [5.41, 5.74) is 2.27. The number of phenols is 1. The maximum atomic E-state index is 12.7. The Bertz CT molecular complexity index is 958. The number of pyridine rings is 1. The molecule has 1 aromatic carbocycles. The molecule has 4 N–H and O–H groups in total. The summed E-state index contributed by atoms with van der Waals surface area (Å²) in [5.74, 6) is 0.852. The van der Waals surface area contributed by atoms with Crippen molar-refractivity contribution in [2.45, 2.75) is 43.9 Å². The SMILES string of the molecule is COc1cc(C(=O)NC[C@@H](O)C2Cc3ccc(O)cc3C=N2)cc(NC2CCC2)n1. The Labute approximate surface area is 175 Å². The number of ether oxygens (including phenoxy) is 1. The number of methoxy groups -OCH3 is 1. The Morgan fingerprint density at radius 1 is 1.30 bits per heavy atom. The van der Waals surface area contributed by atoms with Gasteiger partial charge in [0.05, 0.1) is 19.3 Å². The lowest BCUT2D eigenvalue weighted by Crippen LogP contribution is -2.40. The Hall–Kier alpha value is -3.13. The third-order valence-corrected chi connectivity index (χ3v) is 5.61. The van der Waals surface area contributed by atoms with Gasteiger partial charge in [0.25, 0.3) is 5.91 Å². The zero-order valence-corrected chi connectivity index (χ0v) is 16.8. The standard InChI is InChI=1S/C22H26N4O4/c1-30-21-10-14(9-20(26-21)25-16-3-2-4-16)22(29)24-12-19(28)18-8-13-5-6-17(27)7-15(13)11-23-18/h5-7,9-11,16,18-19,27-28H,2-4,8,12H2,1H3,(H,24,29)(H,25,26)/t18?,19-/m1/s1. The van der Waals surface area contributed by atoms with Crippen LogP contribution in [0.5, 0.6) is 11.6 Å². The van der Waals surface area contributed by atoms with E-state index in [1.807, 2.05) is 6.07 Å². The van der Waals surface area contributed by atoms with Crippen LogP contribution >= 0.6 is 0 Å². The van der Waals surface area contributed by atoms with Crippen molar-refractivity contribution in [1.29, 1.82) is 0 Å². The van der Waals surface area contributed by atoms with Crippen molar-refractivity contribution in [3.63, 3.8) is 0 Å². The van der Waals surface area contributed by atoms with E-state index in [9.17, 15) is 15.0 Å². The number of carbonyl (C=O) groups excluding carboxylic acids is 1. The molecule has 1 unspecified atom stereocenters. The van der Waals surface area contributed by atoms with Crippen LogP contribution in [-0.4, -0.2) is 59.2 Å². The predicted octanol–water partition coefficient (Wildman–Crippen LogP) is 1.89. The van der Waals surface area contributed by atoms with Gasteiger partial charge in [0.1, 0.15) is 11.6 Å². The number of aliphatic hydroxyl groups excluding tert-OH is 1. The molecule has 0 radical (unpaired) electrons. The molecule has 4 rings (SSSR count). The summed E-state index contributed by atoms with van der Waals surface area (Å²) in [7, 11) is 1.51. The van der Waals surface area contributed by atoms with Crippen molar-refractivity contribution in [3.8, 4) is 11.6 Å². The fourth-order valence-electron chi connectivity index (χ4n) is 3.59. The minimum atomic E-state index is -0.830. The monoisotopic (exact) mass is 410 g/mol. The summed E-state index contributed by atoms with van der Waals surface area (Å²) in [4.78, 5) is 21.4. The molecule has 1 aliphatic carbocycles. The van der Waals surface area contributed by atoms with Crippen molar-refractivity contribution >= 4 is 17.9 Å². The molecule has 158 valence electrons. The molecule has 0 bridgehead atoms. The van der Waals surface area contributed by atoms with Crippen LogP contribution in [0.25, 0.3) is 0 Å². The van der Waals surface area contributed by atoms with Crippen molar-refractivity contribution in [3.05, 3.63) is 47.0 Å². The number of aliphatic imine (C=N–C) groups is 1. The largest absolute Gasteiger partial charge is 0.508 e. The fourth-order valence-corrected chi connectivity index (χ4v) is 3.59. The number of nitrogens with zero attached hydrogens (tertiary/aromatic N) is 2. The van der Waals surface area contributed by atoms with Crippen molar-refractivity contribution in [2.75, 3.05) is 19.0 Å². The van der Waals surface area contributed by atoms with Crippen molar-refractivity contribution < 1.29 is 19.7 Å². The van der Waals surface area contributed by atoms with Crippen LogP contribution in [0.4, 0.5) is 5.82 Å². The number of carbonyl (C=O) groups is 1. The summed E-state index contributed by atoms with van der Waals surface area (Å²) in [5, 5.41) is 26.2. The van der Waals surface area contributed by atoms with Gasteiger partial charge in [-0.15, -0.1) is 0 Å². The molecule has 2 heterocycles. The number of aromatic nitrogens is 1. The molecule has 8 nitrogen and oxygen atoms in total. The van der Waals surface area contributed by atoms with E-state index in [1.54, 1.807) is 30.5 Å². The molecule has 8 heteroatoms. The van der Waals surface area contributed by atoms with Crippen LogP contribution in [0.3, 0.4) is 0 Å². The molecular weight excluding hydrogens is 384 g/mol. The Morgan fingerprint density at radius 3 is 2.87 bits per heavy atom. The number of hydrogen-bond donors (Lipinski definition) is 4. The maximum Gasteiger partial charge on any atom is 0.251 e. The average Bonchev–Trinajstić information content (AvgIpc) is 2.73. The van der Waals surface area contributed by atoms with E-state index in [2.05, 4.69) is 20.6 Å². The van der Waals surface area contributed by atoms with E-state index >= 15 is 0 Å². The second-order valence-electron chi connectivity index (χ2n) is 7.77. The molecule has 1 amide bonds. The second-order valence-corrected chi connectivity index (χ2v) is 7.77. The highest BCUT2D eigenvalue weighted by Crippen LogP contribution is 2.25. The zero-order valence-electron chi connectivity index (χ0n) is 16.8. The Balaban J connectivity index is 1.37. The van der Waals surface area contributed by atoms with Gasteiger partial charge in [-0.1, -0.05) is 6.07 Å². The lowest BCUT2D eigenvalue weighted by molar-refractivity contribution is 0.0896. The number of benzene rings is 1. The van der Waals surface area contributed by atoms with Crippen LogP contribution in [0.1, 0.15) is 40.7 Å². The topological polar surface area (TPSA) is 116 Å². The van der Waals surface area contributed by atoms with Gasteiger partial charge in [-0.05, 0) is 55.0 Å². The first-order chi connectivity index (χ1) is 14.5. The number of nitrogens with one attached hydrogen (secondary N) is 2. The number of aliphatic hydroxyl groups is 1. The third-order valence-electron chi connectivity index (χ3n) is 5.61. The highest BCUT2D eigenvalue weighted by molar-refractivity contribution is 5.95. The first-order valence-corrected chi connectivity index (χ1v) is 10.2. The number of phenolic OH excluding ortho intramolecular Hbond substituents is 1. The second kappa shape index (κ2) is 8.71. The van der Waals surface area contributed by atoms with E-state index in [4.69, 9.17) is 4.74 Å². The number of hydrogen-bond acceptors (Lipinski definition) is 7. The summed E-state index contributed by atoms with van der Waals surface area (Å²) in [6, 6.07) is 8.40. The first kappa shape index (κ1) is 20.2. The molecule has 1 fully saturated rings. The van der Waals surface area contributed by atoms with E-state index in [0.717, 1.165) is 24.0 Å². The van der Waals surface area contributed by atoms with E-state index in [-0.39, 0.29) is 24.2 Å². The minimum Gasteiger partial charge on any atom is -0.508 e. The molecule has 2 atom stereocenters. The Morgan fingerprint density at radius 2 is 2.13 bits per heavy atom. The van der Waals surface area contributed by atoms with Crippen molar-refractivity contribution in [2.24, 2.45) is 4.99 Å². The third kappa shape index (κ3) is 4.54. The van der Waals surface area contributed by atoms with Crippen molar-refractivity contribution in [1.82, 2.24) is 10.3 Å². The van der Waals surface area contributed by atoms with Crippen LogP contribution in [-0.2, 0) is 6.42 Å². The van der Waals surface area contributed by atoms with Gasteiger partial charge < -0.3 is 25.6 Å². The smallest absolute Gasteiger partial charge is 0.251 e. The minimum absolute atomic E-state index is 0.0737. The lowest BCUT2D eigenvalue weighted by atomic mass is 9.93. The van der Waals surface area contributed by atoms with Crippen LogP contribution < -0.4 is 15.4 Å². The van der Waals surface area contributed by atoms with Gasteiger partial charge in [-0.25, -0.2) is 0 Å². The summed E-state index contributed by atoms with van der Waals surface area (Å²) >= 11 is 0. The van der Waals surface area contributed by atoms with Gasteiger partial charge in [-0.2, -0.15) is 4.98 Å². The normalized spacial score (nSPS) is 18.8. The molecule has 1 saturated carbocycles.